The zero-order valence-electron chi connectivity index (χ0n) is 9.95. The van der Waals surface area contributed by atoms with Crippen LogP contribution in [0.2, 0.25) is 0 Å². The Kier molecular flexibility index (Phi) is 4.47. The van der Waals surface area contributed by atoms with Crippen molar-refractivity contribution in [1.82, 2.24) is 0 Å². The highest BCUT2D eigenvalue weighted by atomic mass is 79.9. The third-order valence-electron chi connectivity index (χ3n) is 2.58. The van der Waals surface area contributed by atoms with Crippen LogP contribution in [-0.4, -0.2) is 5.75 Å². The van der Waals surface area contributed by atoms with Gasteiger partial charge in [-0.25, -0.2) is 8.78 Å². The van der Waals surface area contributed by atoms with Gasteiger partial charge in [0.25, 0.3) is 5.92 Å². The Balaban J connectivity index is 2.12. The molecule has 0 aliphatic carbocycles. The summed E-state index contributed by atoms with van der Waals surface area (Å²) < 4.78 is 28.8. The number of rotatable bonds is 4. The molecule has 0 unspecified atom stereocenters. The minimum absolute atomic E-state index is 0.0241. The van der Waals surface area contributed by atoms with Gasteiger partial charge in [-0.1, -0.05) is 46.3 Å². The summed E-state index contributed by atoms with van der Waals surface area (Å²) in [5.41, 5.74) is 6.31. The van der Waals surface area contributed by atoms with Gasteiger partial charge in [0.05, 0.1) is 5.75 Å². The van der Waals surface area contributed by atoms with Gasteiger partial charge in [0, 0.05) is 20.6 Å². The largest absolute Gasteiger partial charge is 0.398 e. The van der Waals surface area contributed by atoms with Gasteiger partial charge < -0.3 is 5.73 Å². The molecule has 19 heavy (non-hydrogen) atoms. The van der Waals surface area contributed by atoms with Gasteiger partial charge in [-0.2, -0.15) is 0 Å². The zero-order chi connectivity index (χ0) is 13.9. The van der Waals surface area contributed by atoms with Gasteiger partial charge in [0.2, 0.25) is 0 Å². The molecule has 0 saturated carbocycles. The predicted octanol–water partition coefficient (Wildman–Crippen LogP) is 4.92. The quantitative estimate of drug-likeness (QED) is 0.630. The molecule has 1 nitrogen and oxygen atoms in total. The number of alkyl halides is 2. The van der Waals surface area contributed by atoms with Crippen molar-refractivity contribution in [3.05, 3.63) is 58.6 Å². The molecule has 2 aromatic rings. The van der Waals surface area contributed by atoms with Crippen molar-refractivity contribution in [2.24, 2.45) is 0 Å². The molecular formula is C14H12BrF2NS. The van der Waals surface area contributed by atoms with E-state index in [1.165, 1.54) is 12.1 Å². The number of halogens is 3. The van der Waals surface area contributed by atoms with Crippen molar-refractivity contribution in [3.63, 3.8) is 0 Å². The number of thioether (sulfide) groups is 1. The molecule has 0 bridgehead atoms. The van der Waals surface area contributed by atoms with Crippen molar-refractivity contribution in [2.45, 2.75) is 10.8 Å². The van der Waals surface area contributed by atoms with Crippen LogP contribution in [0.1, 0.15) is 5.56 Å². The van der Waals surface area contributed by atoms with Crippen LogP contribution in [0.25, 0.3) is 0 Å². The molecule has 2 rings (SSSR count). The summed E-state index contributed by atoms with van der Waals surface area (Å²) in [5.74, 6) is -3.21. The lowest BCUT2D eigenvalue weighted by molar-refractivity contribution is 0.0232. The maximum absolute atomic E-state index is 14.0. The second-order valence-corrected chi connectivity index (χ2v) is 5.97. The second-order valence-electron chi connectivity index (χ2n) is 4.04. The summed E-state index contributed by atoms with van der Waals surface area (Å²) in [5, 5.41) is 0. The summed E-state index contributed by atoms with van der Waals surface area (Å²) in [6.45, 7) is 0. The normalized spacial score (nSPS) is 11.5. The summed E-state index contributed by atoms with van der Waals surface area (Å²) in [4.78, 5) is 0.657. The van der Waals surface area contributed by atoms with Crippen LogP contribution in [-0.2, 0) is 5.92 Å². The average Bonchev–Trinajstić information content (AvgIpc) is 2.41. The van der Waals surface area contributed by atoms with Crippen LogP contribution >= 0.6 is 27.7 Å². The highest BCUT2D eigenvalue weighted by molar-refractivity contribution is 9.10. The monoisotopic (exact) mass is 343 g/mol. The first kappa shape index (κ1) is 14.3. The van der Waals surface area contributed by atoms with E-state index in [-0.39, 0.29) is 11.3 Å². The SMILES string of the molecule is Nc1ccc(Br)cc1SCC(F)(F)c1ccccc1. The van der Waals surface area contributed by atoms with Crippen molar-refractivity contribution in [3.8, 4) is 0 Å². The Hall–Kier alpha value is -1.07. The fourth-order valence-electron chi connectivity index (χ4n) is 1.57. The van der Waals surface area contributed by atoms with Crippen LogP contribution in [0.15, 0.2) is 57.9 Å². The minimum Gasteiger partial charge on any atom is -0.398 e. The molecule has 0 fully saturated rings. The first-order chi connectivity index (χ1) is 8.99. The van der Waals surface area contributed by atoms with E-state index in [0.29, 0.717) is 10.6 Å². The van der Waals surface area contributed by atoms with E-state index in [4.69, 9.17) is 5.73 Å². The van der Waals surface area contributed by atoms with Crippen molar-refractivity contribution in [2.75, 3.05) is 11.5 Å². The lowest BCUT2D eigenvalue weighted by atomic mass is 10.1. The minimum atomic E-state index is -2.87. The molecule has 2 aromatic carbocycles. The molecule has 0 heterocycles. The Morgan fingerprint density at radius 3 is 2.47 bits per heavy atom. The van der Waals surface area contributed by atoms with Crippen LogP contribution in [0, 0.1) is 0 Å². The summed E-state index contributed by atoms with van der Waals surface area (Å²) >= 11 is 4.36. The molecule has 2 N–H and O–H groups in total. The van der Waals surface area contributed by atoms with Gasteiger partial charge in [0.1, 0.15) is 0 Å². The number of anilines is 1. The molecule has 0 spiro atoms. The Morgan fingerprint density at radius 2 is 1.79 bits per heavy atom. The zero-order valence-corrected chi connectivity index (χ0v) is 12.3. The summed E-state index contributed by atoms with van der Waals surface area (Å²) in [6.07, 6.45) is 0. The Labute approximate surface area is 123 Å². The molecule has 0 aliphatic heterocycles. The van der Waals surface area contributed by atoms with Gasteiger partial charge in [0.15, 0.2) is 0 Å². The second kappa shape index (κ2) is 5.92. The number of hydrogen-bond acceptors (Lipinski definition) is 2. The van der Waals surface area contributed by atoms with E-state index in [2.05, 4.69) is 15.9 Å². The smallest absolute Gasteiger partial charge is 0.282 e. The fraction of sp³-hybridized carbons (Fsp3) is 0.143. The highest BCUT2D eigenvalue weighted by Gasteiger charge is 2.31. The molecule has 100 valence electrons. The molecule has 0 aromatic heterocycles. The van der Waals surface area contributed by atoms with Gasteiger partial charge >= 0.3 is 0 Å². The molecular weight excluding hydrogens is 332 g/mol. The van der Waals surface area contributed by atoms with E-state index in [0.717, 1.165) is 16.2 Å². The van der Waals surface area contributed by atoms with Gasteiger partial charge in [-0.15, -0.1) is 11.8 Å². The van der Waals surface area contributed by atoms with Crippen molar-refractivity contribution < 1.29 is 8.78 Å². The molecule has 0 saturated heterocycles. The van der Waals surface area contributed by atoms with Crippen LogP contribution < -0.4 is 5.73 Å². The molecule has 0 aliphatic rings. The topological polar surface area (TPSA) is 26.0 Å². The lowest BCUT2D eigenvalue weighted by Gasteiger charge is -2.16. The first-order valence-electron chi connectivity index (χ1n) is 5.60. The maximum Gasteiger partial charge on any atom is 0.282 e. The summed E-state index contributed by atoms with van der Waals surface area (Å²) in [7, 11) is 0. The van der Waals surface area contributed by atoms with E-state index >= 15 is 0 Å². The van der Waals surface area contributed by atoms with Gasteiger partial charge in [-0.05, 0) is 18.2 Å². The molecule has 0 atom stereocenters. The number of benzene rings is 2. The molecule has 0 amide bonds. The van der Waals surface area contributed by atoms with E-state index < -0.39 is 5.92 Å². The lowest BCUT2D eigenvalue weighted by Crippen LogP contribution is -2.16. The third kappa shape index (κ3) is 3.70. The fourth-order valence-corrected chi connectivity index (χ4v) is 3.03. The van der Waals surface area contributed by atoms with E-state index in [1.807, 2.05) is 0 Å². The van der Waals surface area contributed by atoms with Crippen LogP contribution in [0.3, 0.4) is 0 Å². The maximum atomic E-state index is 14.0. The standard InChI is InChI=1S/C14H12BrF2NS/c15-11-6-7-12(18)13(8-11)19-9-14(16,17)10-4-2-1-3-5-10/h1-8H,9,18H2. The number of nitrogen functional groups attached to an aromatic ring is 1. The highest BCUT2D eigenvalue weighted by Crippen LogP contribution is 2.37. The number of hydrogen-bond donors (Lipinski definition) is 1. The molecule has 0 radical (unpaired) electrons. The van der Waals surface area contributed by atoms with Crippen molar-refractivity contribution in [1.29, 1.82) is 0 Å². The molecule has 5 heteroatoms. The van der Waals surface area contributed by atoms with E-state index in [9.17, 15) is 8.78 Å². The van der Waals surface area contributed by atoms with Crippen LogP contribution in [0.4, 0.5) is 14.5 Å². The third-order valence-corrected chi connectivity index (χ3v) is 4.25. The average molecular weight is 344 g/mol. The van der Waals surface area contributed by atoms with Gasteiger partial charge in [-0.3, -0.25) is 0 Å². The predicted molar refractivity (Wildman–Crippen MR) is 79.6 cm³/mol. The van der Waals surface area contributed by atoms with Crippen molar-refractivity contribution >= 4 is 33.4 Å². The summed E-state index contributed by atoms with van der Waals surface area (Å²) in [6, 6.07) is 13.1. The number of nitrogens with two attached hydrogens (primary N) is 1. The Morgan fingerprint density at radius 1 is 1.11 bits per heavy atom. The Bertz CT molecular complexity index is 561. The van der Waals surface area contributed by atoms with Crippen LogP contribution in [0.5, 0.6) is 0 Å². The van der Waals surface area contributed by atoms with E-state index in [1.54, 1.807) is 36.4 Å². The first-order valence-corrected chi connectivity index (χ1v) is 7.38.